The van der Waals surface area contributed by atoms with Crippen molar-refractivity contribution >= 4 is 23.6 Å². The molecular formula is C28H37N3O3S. The van der Waals surface area contributed by atoms with E-state index in [1.165, 1.54) is 49.4 Å². The molecule has 2 aromatic rings. The summed E-state index contributed by atoms with van der Waals surface area (Å²) in [5, 5.41) is 6.14. The lowest BCUT2D eigenvalue weighted by molar-refractivity contribution is -0.118. The first-order chi connectivity index (χ1) is 17.2. The zero-order valence-electron chi connectivity index (χ0n) is 20.5. The first-order valence-electron chi connectivity index (χ1n) is 12.8. The van der Waals surface area contributed by atoms with Crippen LogP contribution in [0.3, 0.4) is 0 Å². The molecule has 35 heavy (non-hydrogen) atoms. The number of nitrogens with zero attached hydrogens (tertiary/aromatic N) is 1. The zero-order chi connectivity index (χ0) is 24.3. The number of carbonyl (C=O) groups is 2. The molecule has 0 radical (unpaired) electrons. The number of amides is 2. The molecule has 1 heterocycles. The van der Waals surface area contributed by atoms with Gasteiger partial charge in [0.2, 0.25) is 5.91 Å². The smallest absolute Gasteiger partial charge is 0.252 e. The molecule has 0 atom stereocenters. The number of thioether (sulfide) groups is 1. The van der Waals surface area contributed by atoms with E-state index in [0.29, 0.717) is 23.8 Å². The highest BCUT2D eigenvalue weighted by Gasteiger charge is 2.16. The molecule has 6 nitrogen and oxygen atoms in total. The highest BCUT2D eigenvalue weighted by atomic mass is 32.2. The lowest BCUT2D eigenvalue weighted by Gasteiger charge is -2.26. The SMILES string of the molecule is O=C(CSc1ccccc1C(=O)NCc1cccc(CN2CCOCC2)c1)NCC1CCCCC1. The van der Waals surface area contributed by atoms with E-state index in [4.69, 9.17) is 4.74 Å². The minimum Gasteiger partial charge on any atom is -0.379 e. The van der Waals surface area contributed by atoms with E-state index in [1.807, 2.05) is 36.4 Å². The van der Waals surface area contributed by atoms with Crippen LogP contribution >= 0.6 is 11.8 Å². The largest absolute Gasteiger partial charge is 0.379 e. The molecule has 2 N–H and O–H groups in total. The Balaban J connectivity index is 1.26. The molecule has 2 aromatic carbocycles. The van der Waals surface area contributed by atoms with Crippen molar-refractivity contribution in [3.05, 3.63) is 65.2 Å². The third-order valence-electron chi connectivity index (χ3n) is 6.76. The van der Waals surface area contributed by atoms with Crippen LogP contribution in [0, 0.1) is 5.92 Å². The molecule has 1 aliphatic carbocycles. The third-order valence-corrected chi connectivity index (χ3v) is 7.83. The fourth-order valence-electron chi connectivity index (χ4n) is 4.76. The number of ether oxygens (including phenoxy) is 1. The van der Waals surface area contributed by atoms with Crippen molar-refractivity contribution in [1.29, 1.82) is 0 Å². The Kier molecular flexibility index (Phi) is 10.0. The number of nitrogens with one attached hydrogen (secondary N) is 2. The van der Waals surface area contributed by atoms with Crippen molar-refractivity contribution in [3.8, 4) is 0 Å². The lowest BCUT2D eigenvalue weighted by Crippen LogP contribution is -2.35. The van der Waals surface area contributed by atoms with Gasteiger partial charge in [-0.1, -0.05) is 55.7 Å². The highest BCUT2D eigenvalue weighted by molar-refractivity contribution is 8.00. The number of hydrogen-bond acceptors (Lipinski definition) is 5. The van der Waals surface area contributed by atoms with E-state index in [0.717, 1.165) is 49.9 Å². The molecule has 0 unspecified atom stereocenters. The van der Waals surface area contributed by atoms with Gasteiger partial charge in [-0.15, -0.1) is 11.8 Å². The van der Waals surface area contributed by atoms with Gasteiger partial charge in [-0.2, -0.15) is 0 Å². The van der Waals surface area contributed by atoms with E-state index in [1.54, 1.807) is 0 Å². The normalized spacial score (nSPS) is 17.1. The second-order valence-electron chi connectivity index (χ2n) is 9.48. The number of benzene rings is 2. The number of rotatable bonds is 10. The molecule has 1 saturated heterocycles. The molecule has 0 bridgehead atoms. The summed E-state index contributed by atoms with van der Waals surface area (Å²) in [5.74, 6) is 0.853. The van der Waals surface area contributed by atoms with E-state index in [-0.39, 0.29) is 11.8 Å². The lowest BCUT2D eigenvalue weighted by atomic mass is 9.89. The number of carbonyl (C=O) groups excluding carboxylic acids is 2. The fourth-order valence-corrected chi connectivity index (χ4v) is 5.64. The van der Waals surface area contributed by atoms with Gasteiger partial charge >= 0.3 is 0 Å². The first kappa shape index (κ1) is 25.7. The van der Waals surface area contributed by atoms with Crippen molar-refractivity contribution in [3.63, 3.8) is 0 Å². The van der Waals surface area contributed by atoms with Gasteiger partial charge in [0, 0.05) is 37.6 Å². The average molecular weight is 496 g/mol. The molecule has 2 fully saturated rings. The Morgan fingerprint density at radius 2 is 1.71 bits per heavy atom. The van der Waals surface area contributed by atoms with Crippen molar-refractivity contribution in [2.75, 3.05) is 38.6 Å². The van der Waals surface area contributed by atoms with Gasteiger partial charge in [-0.05, 0) is 42.0 Å². The van der Waals surface area contributed by atoms with Crippen molar-refractivity contribution in [2.45, 2.75) is 50.1 Å². The molecule has 2 aliphatic rings. The molecule has 188 valence electrons. The van der Waals surface area contributed by atoms with E-state index < -0.39 is 0 Å². The van der Waals surface area contributed by atoms with Crippen LogP contribution in [0.4, 0.5) is 0 Å². The molecule has 0 spiro atoms. The molecule has 1 aliphatic heterocycles. The maximum Gasteiger partial charge on any atom is 0.252 e. The summed E-state index contributed by atoms with van der Waals surface area (Å²) in [4.78, 5) is 28.6. The second kappa shape index (κ2) is 13.7. The summed E-state index contributed by atoms with van der Waals surface area (Å²) in [7, 11) is 0. The van der Waals surface area contributed by atoms with Crippen LogP contribution in [0.25, 0.3) is 0 Å². The molecule has 4 rings (SSSR count). The van der Waals surface area contributed by atoms with E-state index >= 15 is 0 Å². The predicted molar refractivity (Wildman–Crippen MR) is 140 cm³/mol. The van der Waals surface area contributed by atoms with Crippen LogP contribution in [0.2, 0.25) is 0 Å². The zero-order valence-corrected chi connectivity index (χ0v) is 21.3. The minimum absolute atomic E-state index is 0.0351. The fraction of sp³-hybridized carbons (Fsp3) is 0.500. The second-order valence-corrected chi connectivity index (χ2v) is 10.5. The first-order valence-corrected chi connectivity index (χ1v) is 13.8. The standard InChI is InChI=1S/C28H37N3O3S/c32-27(29-18-22-7-2-1-3-8-22)21-35-26-12-5-4-11-25(26)28(33)30-19-23-9-6-10-24(17-23)20-31-13-15-34-16-14-31/h4-6,9-12,17,22H,1-3,7-8,13-16,18-21H2,(H,29,32)(H,30,33). The van der Waals surface area contributed by atoms with Crippen molar-refractivity contribution in [1.82, 2.24) is 15.5 Å². The van der Waals surface area contributed by atoms with Crippen LogP contribution in [-0.2, 0) is 22.6 Å². The topological polar surface area (TPSA) is 70.7 Å². The Morgan fingerprint density at radius 3 is 2.54 bits per heavy atom. The van der Waals surface area contributed by atoms with Gasteiger partial charge < -0.3 is 15.4 Å². The van der Waals surface area contributed by atoms with E-state index in [9.17, 15) is 9.59 Å². The monoisotopic (exact) mass is 495 g/mol. The number of morpholine rings is 1. The maximum atomic E-state index is 13.0. The van der Waals surface area contributed by atoms with Crippen LogP contribution < -0.4 is 10.6 Å². The summed E-state index contributed by atoms with van der Waals surface area (Å²) in [6, 6.07) is 15.9. The van der Waals surface area contributed by atoms with Crippen molar-refractivity contribution < 1.29 is 14.3 Å². The van der Waals surface area contributed by atoms with Gasteiger partial charge in [0.25, 0.3) is 5.91 Å². The summed E-state index contributed by atoms with van der Waals surface area (Å²) >= 11 is 1.43. The molecule has 2 amide bonds. The predicted octanol–water partition coefficient (Wildman–Crippen LogP) is 4.24. The molecule has 1 saturated carbocycles. The summed E-state index contributed by atoms with van der Waals surface area (Å²) in [6.07, 6.45) is 6.30. The van der Waals surface area contributed by atoms with Crippen LogP contribution in [0.15, 0.2) is 53.4 Å². The van der Waals surface area contributed by atoms with Crippen LogP contribution in [0.1, 0.15) is 53.6 Å². The summed E-state index contributed by atoms with van der Waals surface area (Å²) in [6.45, 7) is 5.61. The highest BCUT2D eigenvalue weighted by Crippen LogP contribution is 2.24. The average Bonchev–Trinajstić information content (AvgIpc) is 2.91. The van der Waals surface area contributed by atoms with Gasteiger partial charge in [0.1, 0.15) is 0 Å². The quantitative estimate of drug-likeness (QED) is 0.483. The summed E-state index contributed by atoms with van der Waals surface area (Å²) < 4.78 is 5.43. The van der Waals surface area contributed by atoms with E-state index in [2.05, 4.69) is 27.7 Å². The Hall–Kier alpha value is -2.35. The summed E-state index contributed by atoms with van der Waals surface area (Å²) in [5.41, 5.74) is 2.94. The molecular weight excluding hydrogens is 458 g/mol. The van der Waals surface area contributed by atoms with Gasteiger partial charge in [-0.3, -0.25) is 14.5 Å². The van der Waals surface area contributed by atoms with Gasteiger partial charge in [0.15, 0.2) is 0 Å². The van der Waals surface area contributed by atoms with Gasteiger partial charge in [0.05, 0.1) is 24.5 Å². The third kappa shape index (κ3) is 8.37. The molecule has 0 aromatic heterocycles. The Labute approximate surface area is 213 Å². The molecule has 7 heteroatoms. The maximum absolute atomic E-state index is 13.0. The Bertz CT molecular complexity index is 971. The number of hydrogen-bond donors (Lipinski definition) is 2. The van der Waals surface area contributed by atoms with Gasteiger partial charge in [-0.25, -0.2) is 0 Å². The Morgan fingerprint density at radius 1 is 0.943 bits per heavy atom. The minimum atomic E-state index is -0.116. The van der Waals surface area contributed by atoms with Crippen LogP contribution in [-0.4, -0.2) is 55.3 Å². The van der Waals surface area contributed by atoms with Crippen LogP contribution in [0.5, 0.6) is 0 Å². The van der Waals surface area contributed by atoms with Crippen molar-refractivity contribution in [2.24, 2.45) is 5.92 Å².